The van der Waals surface area contributed by atoms with Crippen LogP contribution in [0.25, 0.3) is 0 Å². The minimum Gasteiger partial charge on any atom is -0.480 e. The quantitative estimate of drug-likeness (QED) is 0.808. The third kappa shape index (κ3) is 2.84. The van der Waals surface area contributed by atoms with Crippen molar-refractivity contribution < 1.29 is 9.90 Å². The molecular weight excluding hydrogens is 204 g/mol. The van der Waals surface area contributed by atoms with Gasteiger partial charge in [0.25, 0.3) is 0 Å². The number of carbonyl (C=O) groups is 1. The van der Waals surface area contributed by atoms with Crippen LogP contribution in [-0.4, -0.2) is 20.6 Å². The van der Waals surface area contributed by atoms with E-state index in [1.165, 1.54) is 0 Å². The molecule has 1 heterocycles. The molecule has 1 aromatic rings. The number of unbranched alkanes of at least 4 members (excludes halogenated alkanes) is 1. The summed E-state index contributed by atoms with van der Waals surface area (Å²) < 4.78 is 1.79. The first-order valence-electron chi connectivity index (χ1n) is 5.83. The Kier molecular flexibility index (Phi) is 4.52. The van der Waals surface area contributed by atoms with E-state index >= 15 is 0 Å². The third-order valence-corrected chi connectivity index (χ3v) is 2.67. The van der Waals surface area contributed by atoms with E-state index in [1.54, 1.807) is 17.0 Å². The lowest BCUT2D eigenvalue weighted by molar-refractivity contribution is -0.141. The molecule has 0 saturated heterocycles. The number of aromatic nitrogens is 2. The number of nitrogens with zero attached hydrogens (tertiary/aromatic N) is 2. The predicted octanol–water partition coefficient (Wildman–Crippen LogP) is 2.82. The Morgan fingerprint density at radius 3 is 2.75 bits per heavy atom. The highest BCUT2D eigenvalue weighted by atomic mass is 16.4. The molecule has 4 nitrogen and oxygen atoms in total. The van der Waals surface area contributed by atoms with Gasteiger partial charge < -0.3 is 9.67 Å². The lowest BCUT2D eigenvalue weighted by Crippen LogP contribution is -2.21. The number of rotatable bonds is 6. The zero-order valence-electron chi connectivity index (χ0n) is 10.2. The van der Waals surface area contributed by atoms with Crippen LogP contribution in [0.1, 0.15) is 57.8 Å². The first kappa shape index (κ1) is 12.7. The number of hydrogen-bond acceptors (Lipinski definition) is 2. The SMILES string of the molecule is CCCCC(C(=O)O)n1ccnc1C(C)C. The fraction of sp³-hybridized carbons (Fsp3) is 0.667. The molecule has 0 spiro atoms. The van der Waals surface area contributed by atoms with Crippen molar-refractivity contribution in [2.24, 2.45) is 0 Å². The second-order valence-corrected chi connectivity index (χ2v) is 4.34. The lowest BCUT2D eigenvalue weighted by Gasteiger charge is -2.18. The molecule has 0 aromatic carbocycles. The largest absolute Gasteiger partial charge is 0.480 e. The summed E-state index contributed by atoms with van der Waals surface area (Å²) in [5.41, 5.74) is 0. The van der Waals surface area contributed by atoms with Gasteiger partial charge in [-0.25, -0.2) is 9.78 Å². The highest BCUT2D eigenvalue weighted by molar-refractivity contribution is 5.71. The van der Waals surface area contributed by atoms with Crippen molar-refractivity contribution in [3.8, 4) is 0 Å². The predicted molar refractivity (Wildman–Crippen MR) is 62.5 cm³/mol. The third-order valence-electron chi connectivity index (χ3n) is 2.67. The van der Waals surface area contributed by atoms with Gasteiger partial charge in [0, 0.05) is 18.3 Å². The summed E-state index contributed by atoms with van der Waals surface area (Å²) in [7, 11) is 0. The molecule has 0 bridgehead atoms. The minimum absolute atomic E-state index is 0.249. The van der Waals surface area contributed by atoms with Gasteiger partial charge in [-0.05, 0) is 6.42 Å². The zero-order chi connectivity index (χ0) is 12.1. The van der Waals surface area contributed by atoms with E-state index in [0.717, 1.165) is 18.7 Å². The molecule has 0 aliphatic carbocycles. The Morgan fingerprint density at radius 2 is 2.25 bits per heavy atom. The summed E-state index contributed by atoms with van der Waals surface area (Å²) in [5, 5.41) is 9.23. The van der Waals surface area contributed by atoms with E-state index < -0.39 is 12.0 Å². The van der Waals surface area contributed by atoms with E-state index in [-0.39, 0.29) is 5.92 Å². The smallest absolute Gasteiger partial charge is 0.326 e. The van der Waals surface area contributed by atoms with Gasteiger partial charge in [-0.1, -0.05) is 33.6 Å². The molecule has 0 saturated carbocycles. The zero-order valence-corrected chi connectivity index (χ0v) is 10.2. The second kappa shape index (κ2) is 5.68. The van der Waals surface area contributed by atoms with Crippen LogP contribution in [0.2, 0.25) is 0 Å². The standard InChI is InChI=1S/C12H20N2O2/c1-4-5-6-10(12(15)16)14-8-7-13-11(14)9(2)3/h7-10H,4-6H2,1-3H3,(H,15,16). The number of carboxylic acid groups (broad SMARTS) is 1. The van der Waals surface area contributed by atoms with E-state index in [4.69, 9.17) is 0 Å². The summed E-state index contributed by atoms with van der Waals surface area (Å²) in [6.07, 6.45) is 6.05. The first-order valence-corrected chi connectivity index (χ1v) is 5.83. The van der Waals surface area contributed by atoms with Crippen LogP contribution in [-0.2, 0) is 4.79 Å². The number of aliphatic carboxylic acids is 1. The lowest BCUT2D eigenvalue weighted by atomic mass is 10.1. The molecule has 4 heteroatoms. The molecule has 0 fully saturated rings. The summed E-state index contributed by atoms with van der Waals surface area (Å²) in [6, 6.07) is -0.472. The molecule has 1 aromatic heterocycles. The fourth-order valence-electron chi connectivity index (χ4n) is 1.81. The molecule has 1 atom stereocenters. The molecule has 0 amide bonds. The molecule has 90 valence electrons. The van der Waals surface area contributed by atoms with Gasteiger partial charge >= 0.3 is 5.97 Å². The van der Waals surface area contributed by atoms with Crippen LogP contribution >= 0.6 is 0 Å². The average Bonchev–Trinajstić information content (AvgIpc) is 2.66. The summed E-state index contributed by atoms with van der Waals surface area (Å²) in [6.45, 7) is 6.12. The summed E-state index contributed by atoms with van der Waals surface area (Å²) >= 11 is 0. The van der Waals surface area contributed by atoms with Crippen molar-refractivity contribution >= 4 is 5.97 Å². The molecule has 16 heavy (non-hydrogen) atoms. The maximum atomic E-state index is 11.2. The molecule has 0 radical (unpaired) electrons. The van der Waals surface area contributed by atoms with Crippen molar-refractivity contribution in [3.05, 3.63) is 18.2 Å². The van der Waals surface area contributed by atoms with E-state index in [0.29, 0.717) is 6.42 Å². The van der Waals surface area contributed by atoms with Crippen molar-refractivity contribution in [1.82, 2.24) is 9.55 Å². The monoisotopic (exact) mass is 224 g/mol. The minimum atomic E-state index is -0.770. The van der Waals surface area contributed by atoms with Gasteiger partial charge in [0.2, 0.25) is 0 Å². The Morgan fingerprint density at radius 1 is 1.56 bits per heavy atom. The fourth-order valence-corrected chi connectivity index (χ4v) is 1.81. The average molecular weight is 224 g/mol. The first-order chi connectivity index (χ1) is 7.57. The Hall–Kier alpha value is -1.32. The van der Waals surface area contributed by atoms with Crippen LogP contribution in [0.15, 0.2) is 12.4 Å². The second-order valence-electron chi connectivity index (χ2n) is 4.34. The van der Waals surface area contributed by atoms with Gasteiger partial charge in [-0.15, -0.1) is 0 Å². The highest BCUT2D eigenvalue weighted by Gasteiger charge is 2.22. The summed E-state index contributed by atoms with van der Waals surface area (Å²) in [4.78, 5) is 15.5. The van der Waals surface area contributed by atoms with Crippen LogP contribution < -0.4 is 0 Å². The van der Waals surface area contributed by atoms with Crippen LogP contribution in [0.3, 0.4) is 0 Å². The number of imidazole rings is 1. The van der Waals surface area contributed by atoms with Gasteiger partial charge in [-0.2, -0.15) is 0 Å². The Bertz CT molecular complexity index is 345. The number of hydrogen-bond donors (Lipinski definition) is 1. The van der Waals surface area contributed by atoms with Gasteiger partial charge in [0.15, 0.2) is 0 Å². The van der Waals surface area contributed by atoms with Crippen molar-refractivity contribution in [2.75, 3.05) is 0 Å². The van der Waals surface area contributed by atoms with Gasteiger partial charge in [-0.3, -0.25) is 0 Å². The van der Waals surface area contributed by atoms with Crippen LogP contribution in [0, 0.1) is 0 Å². The Labute approximate surface area is 96.3 Å². The molecule has 1 rings (SSSR count). The molecular formula is C12H20N2O2. The van der Waals surface area contributed by atoms with Crippen molar-refractivity contribution in [1.29, 1.82) is 0 Å². The molecule has 1 N–H and O–H groups in total. The van der Waals surface area contributed by atoms with E-state index in [9.17, 15) is 9.90 Å². The van der Waals surface area contributed by atoms with Crippen molar-refractivity contribution in [2.45, 2.75) is 52.0 Å². The van der Waals surface area contributed by atoms with Gasteiger partial charge in [0.05, 0.1) is 0 Å². The maximum Gasteiger partial charge on any atom is 0.326 e. The van der Waals surface area contributed by atoms with Gasteiger partial charge in [0.1, 0.15) is 11.9 Å². The van der Waals surface area contributed by atoms with Crippen molar-refractivity contribution in [3.63, 3.8) is 0 Å². The van der Waals surface area contributed by atoms with Crippen LogP contribution in [0.4, 0.5) is 0 Å². The number of carboxylic acids is 1. The normalized spacial score (nSPS) is 13.0. The highest BCUT2D eigenvalue weighted by Crippen LogP contribution is 2.21. The van der Waals surface area contributed by atoms with E-state index in [1.807, 2.05) is 13.8 Å². The molecule has 0 aliphatic heterocycles. The summed E-state index contributed by atoms with van der Waals surface area (Å²) in [5.74, 6) is 0.329. The Balaban J connectivity index is 2.92. The topological polar surface area (TPSA) is 55.1 Å². The van der Waals surface area contributed by atoms with E-state index in [2.05, 4.69) is 11.9 Å². The molecule has 1 unspecified atom stereocenters. The maximum absolute atomic E-state index is 11.2. The van der Waals surface area contributed by atoms with Crippen LogP contribution in [0.5, 0.6) is 0 Å². The molecule has 0 aliphatic rings.